The number of hydrogen-bond donors (Lipinski definition) is 0. The molecule has 0 radical (unpaired) electrons. The Morgan fingerprint density at radius 3 is 0.864 bits per heavy atom. The Bertz CT molecular complexity index is 3070. The van der Waals surface area contributed by atoms with Crippen LogP contribution < -0.4 is 0 Å². The van der Waals surface area contributed by atoms with Crippen molar-refractivity contribution in [2.24, 2.45) is 0 Å². The first-order valence-electron chi connectivity index (χ1n) is 22.6. The standard InChI is InChI=1S/C66H48/c1-5-15-53(16-6-1)55-37-41-61(42-38-55)65(57-19-9-3-10-20-57)47-51-29-25-49(26-30-51)33-35-59-45-46-60(64-24-14-13-23-63(59)64)36-34-50-27-31-52(32-28-50)48-66(58-21-11-4-12-22-58)62-43-39-56(40-44-62)54-17-7-2-8-18-54/h1-48H/b35-33-,36-34-,65-47-,66-48-. The highest BCUT2D eigenvalue weighted by Gasteiger charge is 2.09. The second-order valence-electron chi connectivity index (χ2n) is 16.5. The van der Waals surface area contributed by atoms with Gasteiger partial charge in [0.1, 0.15) is 0 Å². The maximum atomic E-state index is 2.29. The number of fused-ring (bicyclic) bond motifs is 1. The van der Waals surface area contributed by atoms with Gasteiger partial charge in [0.25, 0.3) is 0 Å². The molecule has 0 heteroatoms. The van der Waals surface area contributed by atoms with Gasteiger partial charge in [-0.2, -0.15) is 0 Å². The highest BCUT2D eigenvalue weighted by atomic mass is 14.1. The van der Waals surface area contributed by atoms with E-state index in [0.717, 1.165) is 22.3 Å². The van der Waals surface area contributed by atoms with E-state index in [9.17, 15) is 0 Å². The van der Waals surface area contributed by atoms with Crippen LogP contribution in [0, 0.1) is 0 Å². The van der Waals surface area contributed by atoms with Crippen molar-refractivity contribution in [1.82, 2.24) is 0 Å². The van der Waals surface area contributed by atoms with Crippen molar-refractivity contribution in [2.45, 2.75) is 0 Å². The van der Waals surface area contributed by atoms with Crippen LogP contribution in [0.25, 0.3) is 80.6 Å². The van der Waals surface area contributed by atoms with Gasteiger partial charge in [-0.15, -0.1) is 0 Å². The Morgan fingerprint density at radius 1 is 0.212 bits per heavy atom. The largest absolute Gasteiger partial charge is 0.0622 e. The third-order valence-electron chi connectivity index (χ3n) is 12.2. The lowest BCUT2D eigenvalue weighted by molar-refractivity contribution is 1.54. The van der Waals surface area contributed by atoms with Gasteiger partial charge in [-0.05, 0) is 112 Å². The molecule has 10 aromatic carbocycles. The van der Waals surface area contributed by atoms with Crippen LogP contribution in [0.1, 0.15) is 55.6 Å². The van der Waals surface area contributed by atoms with Gasteiger partial charge in [-0.3, -0.25) is 0 Å². The van der Waals surface area contributed by atoms with Crippen molar-refractivity contribution in [1.29, 1.82) is 0 Å². The van der Waals surface area contributed by atoms with Gasteiger partial charge in [0, 0.05) is 0 Å². The average Bonchev–Trinajstić information content (AvgIpc) is 3.40. The Labute approximate surface area is 389 Å². The van der Waals surface area contributed by atoms with Crippen LogP contribution in [0.5, 0.6) is 0 Å². The van der Waals surface area contributed by atoms with Gasteiger partial charge in [-0.1, -0.05) is 279 Å². The van der Waals surface area contributed by atoms with Crippen molar-refractivity contribution >= 4 is 58.4 Å². The predicted molar refractivity (Wildman–Crippen MR) is 285 cm³/mol. The molecule has 0 aliphatic heterocycles. The molecule has 66 heavy (non-hydrogen) atoms. The quantitative estimate of drug-likeness (QED) is 0.108. The highest BCUT2D eigenvalue weighted by molar-refractivity contribution is 5.99. The third-order valence-corrected chi connectivity index (χ3v) is 12.2. The molecule has 0 saturated heterocycles. The number of rotatable bonds is 12. The topological polar surface area (TPSA) is 0 Å². The monoisotopic (exact) mass is 840 g/mol. The lowest BCUT2D eigenvalue weighted by Gasteiger charge is -2.11. The zero-order chi connectivity index (χ0) is 44.3. The Kier molecular flexibility index (Phi) is 12.5. The molecule has 0 aromatic heterocycles. The molecule has 10 rings (SSSR count). The van der Waals surface area contributed by atoms with Crippen molar-refractivity contribution in [3.05, 3.63) is 310 Å². The van der Waals surface area contributed by atoms with E-state index in [-0.39, 0.29) is 0 Å². The molecule has 0 heterocycles. The molecule has 0 spiro atoms. The fourth-order valence-corrected chi connectivity index (χ4v) is 8.60. The summed E-state index contributed by atoms with van der Waals surface area (Å²) in [5, 5.41) is 2.46. The van der Waals surface area contributed by atoms with Gasteiger partial charge in [0.05, 0.1) is 0 Å². The number of hydrogen-bond acceptors (Lipinski definition) is 0. The van der Waals surface area contributed by atoms with Gasteiger partial charge >= 0.3 is 0 Å². The SMILES string of the molecule is C(=C/c1ccc(/C=C\c2ccc(/C=C(/c3ccccc3)c3ccc(-c4ccccc4)cc3)cc2)c2ccccc12)/c1ccc(/C=C(/c2ccccc2)c2ccc(-c3ccccc3)cc2)cc1. The highest BCUT2D eigenvalue weighted by Crippen LogP contribution is 2.32. The van der Waals surface area contributed by atoms with Gasteiger partial charge < -0.3 is 0 Å². The molecule has 0 unspecified atom stereocenters. The van der Waals surface area contributed by atoms with Crippen molar-refractivity contribution in [2.75, 3.05) is 0 Å². The van der Waals surface area contributed by atoms with Gasteiger partial charge in [-0.25, -0.2) is 0 Å². The van der Waals surface area contributed by atoms with Gasteiger partial charge in [0.2, 0.25) is 0 Å². The van der Waals surface area contributed by atoms with E-state index in [0.29, 0.717) is 0 Å². The van der Waals surface area contributed by atoms with Crippen LogP contribution in [0.3, 0.4) is 0 Å². The second-order valence-corrected chi connectivity index (χ2v) is 16.5. The first-order valence-corrected chi connectivity index (χ1v) is 22.6. The second kappa shape index (κ2) is 19.9. The zero-order valence-electron chi connectivity index (χ0n) is 36.7. The molecule has 312 valence electrons. The summed E-state index contributed by atoms with van der Waals surface area (Å²) >= 11 is 0. The summed E-state index contributed by atoms with van der Waals surface area (Å²) < 4.78 is 0. The normalized spacial score (nSPS) is 12.0. The summed E-state index contributed by atoms with van der Waals surface area (Å²) in [4.78, 5) is 0. The molecule has 0 aliphatic rings. The summed E-state index contributed by atoms with van der Waals surface area (Å²) in [5.41, 5.74) is 19.1. The Hall–Kier alpha value is -8.58. The van der Waals surface area contributed by atoms with E-state index < -0.39 is 0 Å². The van der Waals surface area contributed by atoms with Crippen molar-refractivity contribution in [3.8, 4) is 22.3 Å². The van der Waals surface area contributed by atoms with Crippen LogP contribution in [0.2, 0.25) is 0 Å². The smallest absolute Gasteiger partial charge is 0.0105 e. The lowest BCUT2D eigenvalue weighted by Crippen LogP contribution is -1.89. The van der Waals surface area contributed by atoms with E-state index in [4.69, 9.17) is 0 Å². The molecule has 0 saturated carbocycles. The summed E-state index contributed by atoms with van der Waals surface area (Å²) in [5.74, 6) is 0. The summed E-state index contributed by atoms with van der Waals surface area (Å²) in [7, 11) is 0. The number of benzene rings is 10. The van der Waals surface area contributed by atoms with E-state index in [1.165, 1.54) is 77.6 Å². The van der Waals surface area contributed by atoms with E-state index >= 15 is 0 Å². The van der Waals surface area contributed by atoms with E-state index in [1.807, 2.05) is 0 Å². The molecule has 0 nitrogen and oxygen atoms in total. The molecular formula is C66H48. The minimum Gasteiger partial charge on any atom is -0.0622 e. The zero-order valence-corrected chi connectivity index (χ0v) is 36.7. The maximum absolute atomic E-state index is 2.29. The summed E-state index contributed by atoms with van der Waals surface area (Å²) in [6.07, 6.45) is 13.5. The molecule has 0 bridgehead atoms. The van der Waals surface area contributed by atoms with Crippen LogP contribution in [0.15, 0.2) is 255 Å². The van der Waals surface area contributed by atoms with Crippen LogP contribution in [-0.4, -0.2) is 0 Å². The third kappa shape index (κ3) is 9.80. The summed E-state index contributed by atoms with van der Waals surface area (Å²) in [6.45, 7) is 0. The first kappa shape index (κ1) is 41.4. The van der Waals surface area contributed by atoms with Crippen molar-refractivity contribution < 1.29 is 0 Å². The minimum atomic E-state index is 1.16. The molecule has 10 aromatic rings. The van der Waals surface area contributed by atoms with Crippen LogP contribution in [0.4, 0.5) is 0 Å². The van der Waals surface area contributed by atoms with Crippen molar-refractivity contribution in [3.63, 3.8) is 0 Å². The molecule has 0 fully saturated rings. The lowest BCUT2D eigenvalue weighted by atomic mass is 9.93. The molecule has 0 aliphatic carbocycles. The Balaban J connectivity index is 0.855. The van der Waals surface area contributed by atoms with Crippen LogP contribution >= 0.6 is 0 Å². The fraction of sp³-hybridized carbons (Fsp3) is 0. The summed E-state index contributed by atoms with van der Waals surface area (Å²) in [6, 6.07) is 91.0. The molecule has 0 atom stereocenters. The fourth-order valence-electron chi connectivity index (χ4n) is 8.60. The first-order chi connectivity index (χ1) is 32.7. The average molecular weight is 841 g/mol. The van der Waals surface area contributed by atoms with E-state index in [2.05, 4.69) is 291 Å². The molecule has 0 amide bonds. The minimum absolute atomic E-state index is 1.16. The Morgan fingerprint density at radius 2 is 0.500 bits per heavy atom. The predicted octanol–water partition coefficient (Wildman–Crippen LogP) is 17.7. The molecular weight excluding hydrogens is 793 g/mol. The van der Waals surface area contributed by atoms with Gasteiger partial charge in [0.15, 0.2) is 0 Å². The van der Waals surface area contributed by atoms with Crippen LogP contribution in [-0.2, 0) is 0 Å². The maximum Gasteiger partial charge on any atom is -0.0105 e. The van der Waals surface area contributed by atoms with E-state index in [1.54, 1.807) is 0 Å². The molecule has 0 N–H and O–H groups in total.